The van der Waals surface area contributed by atoms with Crippen molar-refractivity contribution in [2.45, 2.75) is 13.5 Å². The lowest BCUT2D eigenvalue weighted by molar-refractivity contribution is -0.118. The third-order valence-corrected chi connectivity index (χ3v) is 2.93. The number of hydrogen-bond donors (Lipinski definition) is 2. The van der Waals surface area contributed by atoms with Gasteiger partial charge in [0.25, 0.3) is 11.8 Å². The molecular formula is C14H13N3O4. The molecular weight excluding hydrogens is 274 g/mol. The summed E-state index contributed by atoms with van der Waals surface area (Å²) in [6, 6.07) is 6.77. The van der Waals surface area contributed by atoms with Crippen molar-refractivity contribution in [2.24, 2.45) is 0 Å². The number of aromatic nitrogens is 1. The molecule has 0 bridgehead atoms. The van der Waals surface area contributed by atoms with Crippen LogP contribution in [0.1, 0.15) is 22.0 Å². The third kappa shape index (κ3) is 2.86. The van der Waals surface area contributed by atoms with E-state index >= 15 is 0 Å². The van der Waals surface area contributed by atoms with Crippen molar-refractivity contribution in [3.8, 4) is 5.75 Å². The predicted octanol–water partition coefficient (Wildman–Crippen LogP) is 1.24. The number of nitrogens with zero attached hydrogens (tertiary/aromatic N) is 1. The predicted molar refractivity (Wildman–Crippen MR) is 73.0 cm³/mol. The summed E-state index contributed by atoms with van der Waals surface area (Å²) < 4.78 is 10.5. The van der Waals surface area contributed by atoms with Gasteiger partial charge in [-0.05, 0) is 31.2 Å². The first-order chi connectivity index (χ1) is 10.1. The first-order valence-corrected chi connectivity index (χ1v) is 6.39. The zero-order valence-electron chi connectivity index (χ0n) is 11.3. The highest BCUT2D eigenvalue weighted by Crippen LogP contribution is 2.25. The maximum Gasteiger partial charge on any atom is 0.270 e. The maximum absolute atomic E-state index is 12.0. The van der Waals surface area contributed by atoms with Gasteiger partial charge >= 0.3 is 0 Å². The summed E-state index contributed by atoms with van der Waals surface area (Å²) in [5.74, 6) is 1.51. The molecule has 1 aliphatic heterocycles. The standard InChI is InChI=1S/C14H13N3O4/c1-8-2-3-9(21-8)6-15-14(19)10-4-5-11-13(16-10)17-12(18)7-20-11/h2-5H,6-7H2,1H3,(H,15,19)(H,16,17,18). The van der Waals surface area contributed by atoms with E-state index in [4.69, 9.17) is 9.15 Å². The van der Waals surface area contributed by atoms with E-state index in [0.29, 0.717) is 11.5 Å². The molecule has 2 amide bonds. The zero-order valence-corrected chi connectivity index (χ0v) is 11.3. The van der Waals surface area contributed by atoms with Crippen molar-refractivity contribution in [3.63, 3.8) is 0 Å². The molecule has 1 aliphatic rings. The van der Waals surface area contributed by atoms with E-state index < -0.39 is 0 Å². The molecule has 3 heterocycles. The summed E-state index contributed by atoms with van der Waals surface area (Å²) >= 11 is 0. The first-order valence-electron chi connectivity index (χ1n) is 6.39. The van der Waals surface area contributed by atoms with Gasteiger partial charge in [0, 0.05) is 0 Å². The Balaban J connectivity index is 1.70. The highest BCUT2D eigenvalue weighted by molar-refractivity contribution is 5.96. The molecule has 108 valence electrons. The zero-order chi connectivity index (χ0) is 14.8. The number of aryl methyl sites for hydroxylation is 1. The Morgan fingerprint density at radius 3 is 3.00 bits per heavy atom. The Bertz CT molecular complexity index is 708. The quantitative estimate of drug-likeness (QED) is 0.886. The van der Waals surface area contributed by atoms with Crippen molar-refractivity contribution < 1.29 is 18.7 Å². The molecule has 2 N–H and O–H groups in total. The molecule has 0 saturated heterocycles. The summed E-state index contributed by atoms with van der Waals surface area (Å²) in [7, 11) is 0. The van der Waals surface area contributed by atoms with Gasteiger partial charge in [0.2, 0.25) is 0 Å². The Hall–Kier alpha value is -2.83. The van der Waals surface area contributed by atoms with Gasteiger partial charge in [-0.25, -0.2) is 4.98 Å². The summed E-state index contributed by atoms with van der Waals surface area (Å²) in [5.41, 5.74) is 0.197. The Morgan fingerprint density at radius 1 is 1.38 bits per heavy atom. The number of carbonyl (C=O) groups excluding carboxylic acids is 2. The van der Waals surface area contributed by atoms with E-state index in [1.807, 2.05) is 13.0 Å². The number of amides is 2. The van der Waals surface area contributed by atoms with Gasteiger partial charge in [0.05, 0.1) is 6.54 Å². The Morgan fingerprint density at radius 2 is 2.24 bits per heavy atom. The molecule has 0 unspecified atom stereocenters. The second-order valence-electron chi connectivity index (χ2n) is 4.58. The number of hydrogen-bond acceptors (Lipinski definition) is 5. The number of rotatable bonds is 3. The molecule has 0 saturated carbocycles. The molecule has 0 atom stereocenters. The largest absolute Gasteiger partial charge is 0.480 e. The minimum Gasteiger partial charge on any atom is -0.480 e. The lowest BCUT2D eigenvalue weighted by atomic mass is 10.3. The van der Waals surface area contributed by atoms with Crippen LogP contribution in [0.5, 0.6) is 5.75 Å². The summed E-state index contributed by atoms with van der Waals surface area (Å²) in [4.78, 5) is 27.3. The molecule has 0 aromatic carbocycles. The van der Waals surface area contributed by atoms with Crippen LogP contribution >= 0.6 is 0 Å². The lowest BCUT2D eigenvalue weighted by Gasteiger charge is -2.17. The fraction of sp³-hybridized carbons (Fsp3) is 0.214. The number of carbonyl (C=O) groups is 2. The van der Waals surface area contributed by atoms with Crippen molar-refractivity contribution >= 4 is 17.6 Å². The normalized spacial score (nSPS) is 13.1. The first kappa shape index (κ1) is 13.2. The average Bonchev–Trinajstić information content (AvgIpc) is 2.89. The van der Waals surface area contributed by atoms with E-state index in [9.17, 15) is 9.59 Å². The number of nitrogens with one attached hydrogen (secondary N) is 2. The molecule has 7 heteroatoms. The molecule has 21 heavy (non-hydrogen) atoms. The van der Waals surface area contributed by atoms with Crippen LogP contribution in [0.15, 0.2) is 28.7 Å². The highest BCUT2D eigenvalue weighted by Gasteiger charge is 2.19. The smallest absolute Gasteiger partial charge is 0.270 e. The minimum absolute atomic E-state index is 0.0436. The number of ether oxygens (including phenoxy) is 1. The van der Waals surface area contributed by atoms with Crippen LogP contribution in [0.3, 0.4) is 0 Å². The van der Waals surface area contributed by atoms with Gasteiger partial charge in [0.15, 0.2) is 18.2 Å². The maximum atomic E-state index is 12.0. The van der Waals surface area contributed by atoms with Gasteiger partial charge in [0.1, 0.15) is 17.2 Å². The molecule has 2 aromatic rings. The van der Waals surface area contributed by atoms with Gasteiger partial charge < -0.3 is 19.8 Å². The second kappa shape index (κ2) is 5.28. The van der Waals surface area contributed by atoms with E-state index in [1.165, 1.54) is 0 Å². The van der Waals surface area contributed by atoms with Crippen LogP contribution in [0.2, 0.25) is 0 Å². The van der Waals surface area contributed by atoms with Gasteiger partial charge in [-0.1, -0.05) is 0 Å². The Kier molecular flexibility index (Phi) is 3.31. The van der Waals surface area contributed by atoms with Crippen molar-refractivity contribution in [1.29, 1.82) is 0 Å². The summed E-state index contributed by atoms with van der Waals surface area (Å²) in [5, 5.41) is 5.26. The number of anilines is 1. The van der Waals surface area contributed by atoms with E-state index in [0.717, 1.165) is 5.76 Å². The number of furan rings is 1. The van der Waals surface area contributed by atoms with Crippen LogP contribution in [0.25, 0.3) is 0 Å². The molecule has 0 aliphatic carbocycles. The molecule has 0 radical (unpaired) electrons. The second-order valence-corrected chi connectivity index (χ2v) is 4.58. The van der Waals surface area contributed by atoms with Gasteiger partial charge in [-0.3, -0.25) is 9.59 Å². The molecule has 3 rings (SSSR count). The lowest BCUT2D eigenvalue weighted by Crippen LogP contribution is -2.28. The fourth-order valence-corrected chi connectivity index (χ4v) is 1.93. The fourth-order valence-electron chi connectivity index (χ4n) is 1.93. The average molecular weight is 287 g/mol. The minimum atomic E-state index is -0.355. The van der Waals surface area contributed by atoms with Crippen LogP contribution in [0.4, 0.5) is 5.82 Å². The van der Waals surface area contributed by atoms with E-state index in [-0.39, 0.29) is 36.5 Å². The van der Waals surface area contributed by atoms with Crippen LogP contribution in [0, 0.1) is 6.92 Å². The summed E-state index contributed by atoms with van der Waals surface area (Å²) in [6.07, 6.45) is 0. The monoisotopic (exact) mass is 287 g/mol. The Labute approximate surface area is 120 Å². The third-order valence-electron chi connectivity index (χ3n) is 2.93. The van der Waals surface area contributed by atoms with Crippen molar-refractivity contribution in [2.75, 3.05) is 11.9 Å². The van der Waals surface area contributed by atoms with E-state index in [2.05, 4.69) is 15.6 Å². The van der Waals surface area contributed by atoms with Crippen LogP contribution in [-0.2, 0) is 11.3 Å². The van der Waals surface area contributed by atoms with Crippen molar-refractivity contribution in [3.05, 3.63) is 41.5 Å². The molecule has 2 aromatic heterocycles. The highest BCUT2D eigenvalue weighted by atomic mass is 16.5. The topological polar surface area (TPSA) is 93.5 Å². The molecule has 0 spiro atoms. The van der Waals surface area contributed by atoms with E-state index in [1.54, 1.807) is 18.2 Å². The van der Waals surface area contributed by atoms with Gasteiger partial charge in [-0.15, -0.1) is 0 Å². The molecule has 7 nitrogen and oxygen atoms in total. The van der Waals surface area contributed by atoms with Crippen LogP contribution < -0.4 is 15.4 Å². The summed E-state index contributed by atoms with van der Waals surface area (Å²) in [6.45, 7) is 2.06. The van der Waals surface area contributed by atoms with Gasteiger partial charge in [-0.2, -0.15) is 0 Å². The van der Waals surface area contributed by atoms with Crippen molar-refractivity contribution in [1.82, 2.24) is 10.3 Å². The SMILES string of the molecule is Cc1ccc(CNC(=O)c2ccc3c(n2)NC(=O)CO3)o1. The molecule has 0 fully saturated rings. The number of pyridine rings is 1. The number of fused-ring (bicyclic) bond motifs is 1. The van der Waals surface area contributed by atoms with Crippen LogP contribution in [-0.4, -0.2) is 23.4 Å².